The summed E-state index contributed by atoms with van der Waals surface area (Å²) in [5, 5.41) is 3.45. The molecule has 1 unspecified atom stereocenters. The zero-order valence-electron chi connectivity index (χ0n) is 12.3. The van der Waals surface area contributed by atoms with Crippen molar-refractivity contribution in [2.45, 2.75) is 25.3 Å². The molecule has 1 fully saturated rings. The minimum absolute atomic E-state index is 0.235. The van der Waals surface area contributed by atoms with Crippen molar-refractivity contribution in [1.82, 2.24) is 10.3 Å². The van der Waals surface area contributed by atoms with E-state index in [4.69, 9.17) is 5.73 Å². The number of aromatic nitrogens is 1. The third kappa shape index (κ3) is 2.62. The van der Waals surface area contributed by atoms with E-state index in [0.29, 0.717) is 23.4 Å². The van der Waals surface area contributed by atoms with Crippen LogP contribution in [0, 0.1) is 11.7 Å². The summed E-state index contributed by atoms with van der Waals surface area (Å²) in [5.74, 6) is -0.458. The second kappa shape index (κ2) is 5.21. The first-order chi connectivity index (χ1) is 10.4. The average Bonchev–Trinajstić information content (AvgIpc) is 3.30. The molecule has 1 heterocycles. The summed E-state index contributed by atoms with van der Waals surface area (Å²) in [5.41, 5.74) is 5.42. The van der Waals surface area contributed by atoms with Gasteiger partial charge in [-0.25, -0.2) is 4.39 Å². The Balaban J connectivity index is 2.02. The van der Waals surface area contributed by atoms with Gasteiger partial charge < -0.3 is 16.0 Å². The Labute approximate surface area is 126 Å². The van der Waals surface area contributed by atoms with Gasteiger partial charge in [-0.2, -0.15) is 0 Å². The summed E-state index contributed by atoms with van der Waals surface area (Å²) in [7, 11) is 0. The van der Waals surface area contributed by atoms with Crippen molar-refractivity contribution < 1.29 is 9.18 Å². The number of benzene rings is 1. The molecule has 0 saturated heterocycles. The van der Waals surface area contributed by atoms with Crippen molar-refractivity contribution in [3.8, 4) is 0 Å². The predicted molar refractivity (Wildman–Crippen MR) is 82.2 cm³/mol. The summed E-state index contributed by atoms with van der Waals surface area (Å²) in [4.78, 5) is 26.8. The molecule has 0 radical (unpaired) electrons. The highest BCUT2D eigenvalue weighted by atomic mass is 19.1. The van der Waals surface area contributed by atoms with Crippen LogP contribution in [0.5, 0.6) is 0 Å². The van der Waals surface area contributed by atoms with Crippen LogP contribution in [0.2, 0.25) is 0 Å². The second-order valence-corrected chi connectivity index (χ2v) is 6.09. The molecule has 0 aliphatic heterocycles. The van der Waals surface area contributed by atoms with Gasteiger partial charge in [0.15, 0.2) is 0 Å². The first-order valence-electron chi connectivity index (χ1n) is 7.28. The van der Waals surface area contributed by atoms with Gasteiger partial charge >= 0.3 is 0 Å². The van der Waals surface area contributed by atoms with Crippen LogP contribution in [-0.4, -0.2) is 23.0 Å². The lowest BCUT2D eigenvalue weighted by molar-refractivity contribution is 0.0899. The summed E-state index contributed by atoms with van der Waals surface area (Å²) in [6.45, 7) is 2.25. The number of hydrogen-bond acceptors (Lipinski definition) is 3. The van der Waals surface area contributed by atoms with Gasteiger partial charge in [-0.15, -0.1) is 0 Å². The molecule has 1 aliphatic carbocycles. The molecule has 1 saturated carbocycles. The van der Waals surface area contributed by atoms with Crippen LogP contribution in [0.25, 0.3) is 10.9 Å². The standard InChI is InChI=1S/C16H18FN3O2/c1-16(8-18,9-2-3-9)20-15(22)12-7-14(21)19-13-6-10(17)4-5-11(12)13/h4-7,9H,2-3,8,18H2,1H3,(H,19,21)(H,20,22). The van der Waals surface area contributed by atoms with E-state index >= 15 is 0 Å². The molecular weight excluding hydrogens is 285 g/mol. The molecule has 0 bridgehead atoms. The van der Waals surface area contributed by atoms with Crippen LogP contribution in [0.4, 0.5) is 4.39 Å². The van der Waals surface area contributed by atoms with E-state index < -0.39 is 16.9 Å². The molecule has 116 valence electrons. The van der Waals surface area contributed by atoms with E-state index in [1.165, 1.54) is 24.3 Å². The highest BCUT2D eigenvalue weighted by Crippen LogP contribution is 2.39. The van der Waals surface area contributed by atoms with Crippen LogP contribution in [0.3, 0.4) is 0 Å². The lowest BCUT2D eigenvalue weighted by Gasteiger charge is -2.29. The Kier molecular flexibility index (Phi) is 3.48. The fourth-order valence-electron chi connectivity index (χ4n) is 2.79. The summed E-state index contributed by atoms with van der Waals surface area (Å²) in [6, 6.07) is 5.20. The maximum absolute atomic E-state index is 13.3. The van der Waals surface area contributed by atoms with Crippen LogP contribution in [0.1, 0.15) is 30.1 Å². The van der Waals surface area contributed by atoms with Crippen molar-refractivity contribution in [1.29, 1.82) is 0 Å². The van der Waals surface area contributed by atoms with Gasteiger partial charge in [0.05, 0.1) is 16.6 Å². The molecule has 6 heteroatoms. The summed E-state index contributed by atoms with van der Waals surface area (Å²) < 4.78 is 13.3. The number of halogens is 1. The first kappa shape index (κ1) is 14.7. The smallest absolute Gasteiger partial charge is 0.252 e. The van der Waals surface area contributed by atoms with E-state index in [1.807, 2.05) is 6.92 Å². The van der Waals surface area contributed by atoms with Gasteiger partial charge in [0.25, 0.3) is 5.91 Å². The van der Waals surface area contributed by atoms with Crippen molar-refractivity contribution in [3.05, 3.63) is 46.0 Å². The maximum atomic E-state index is 13.3. The topological polar surface area (TPSA) is 88.0 Å². The number of carbonyl (C=O) groups excluding carboxylic acids is 1. The average molecular weight is 303 g/mol. The number of nitrogens with one attached hydrogen (secondary N) is 2. The molecule has 5 nitrogen and oxygen atoms in total. The number of pyridine rings is 1. The molecule has 22 heavy (non-hydrogen) atoms. The normalized spacial score (nSPS) is 17.2. The van der Waals surface area contributed by atoms with Gasteiger partial charge in [0.2, 0.25) is 5.56 Å². The van der Waals surface area contributed by atoms with Crippen LogP contribution in [0.15, 0.2) is 29.1 Å². The molecule has 4 N–H and O–H groups in total. The number of nitrogens with two attached hydrogens (primary N) is 1. The predicted octanol–water partition coefficient (Wildman–Crippen LogP) is 1.52. The number of hydrogen-bond donors (Lipinski definition) is 3. The first-order valence-corrected chi connectivity index (χ1v) is 7.28. The number of rotatable bonds is 4. The van der Waals surface area contributed by atoms with Gasteiger partial charge in [-0.05, 0) is 43.9 Å². The molecule has 2 aromatic rings. The van der Waals surface area contributed by atoms with E-state index in [0.717, 1.165) is 12.8 Å². The Morgan fingerprint density at radius 1 is 1.45 bits per heavy atom. The fourth-order valence-corrected chi connectivity index (χ4v) is 2.79. The zero-order chi connectivity index (χ0) is 15.9. The molecular formula is C16H18FN3O2. The zero-order valence-corrected chi connectivity index (χ0v) is 12.3. The minimum Gasteiger partial charge on any atom is -0.345 e. The maximum Gasteiger partial charge on any atom is 0.252 e. The molecule has 0 spiro atoms. The van der Waals surface area contributed by atoms with Gasteiger partial charge in [-0.1, -0.05) is 0 Å². The molecule has 1 amide bonds. The molecule has 1 aliphatic rings. The fraction of sp³-hybridized carbons (Fsp3) is 0.375. The number of H-pyrrole nitrogens is 1. The van der Waals surface area contributed by atoms with E-state index in [-0.39, 0.29) is 11.5 Å². The van der Waals surface area contributed by atoms with Crippen molar-refractivity contribution in [3.63, 3.8) is 0 Å². The highest BCUT2D eigenvalue weighted by molar-refractivity contribution is 6.06. The Morgan fingerprint density at radius 3 is 2.82 bits per heavy atom. The Bertz CT molecular complexity index is 798. The molecule has 1 aromatic carbocycles. The lowest BCUT2D eigenvalue weighted by atomic mass is 9.95. The van der Waals surface area contributed by atoms with Crippen LogP contribution in [-0.2, 0) is 0 Å². The van der Waals surface area contributed by atoms with Gasteiger partial charge in [0.1, 0.15) is 5.82 Å². The largest absolute Gasteiger partial charge is 0.345 e. The van der Waals surface area contributed by atoms with Crippen molar-refractivity contribution in [2.24, 2.45) is 11.7 Å². The summed E-state index contributed by atoms with van der Waals surface area (Å²) >= 11 is 0. The Hall–Kier alpha value is -2.21. The highest BCUT2D eigenvalue weighted by Gasteiger charge is 2.41. The number of fused-ring (bicyclic) bond motifs is 1. The molecule has 1 atom stereocenters. The third-order valence-electron chi connectivity index (χ3n) is 4.35. The SMILES string of the molecule is CC(CN)(NC(=O)c1cc(=O)[nH]c2cc(F)ccc12)C1CC1. The third-order valence-corrected chi connectivity index (χ3v) is 4.35. The monoisotopic (exact) mass is 303 g/mol. The number of aromatic amines is 1. The Morgan fingerprint density at radius 2 is 2.18 bits per heavy atom. The van der Waals surface area contributed by atoms with Crippen LogP contribution >= 0.6 is 0 Å². The van der Waals surface area contributed by atoms with Crippen molar-refractivity contribution in [2.75, 3.05) is 6.54 Å². The quantitative estimate of drug-likeness (QED) is 0.800. The van der Waals surface area contributed by atoms with Gasteiger partial charge in [0, 0.05) is 18.0 Å². The summed E-state index contributed by atoms with van der Waals surface area (Å²) in [6.07, 6.45) is 2.07. The number of amides is 1. The van der Waals surface area contributed by atoms with Gasteiger partial charge in [-0.3, -0.25) is 9.59 Å². The van der Waals surface area contributed by atoms with E-state index in [9.17, 15) is 14.0 Å². The van der Waals surface area contributed by atoms with Crippen molar-refractivity contribution >= 4 is 16.8 Å². The van der Waals surface area contributed by atoms with Crippen LogP contribution < -0.4 is 16.6 Å². The number of carbonyl (C=O) groups is 1. The van der Waals surface area contributed by atoms with E-state index in [2.05, 4.69) is 10.3 Å². The van der Waals surface area contributed by atoms with E-state index in [1.54, 1.807) is 0 Å². The second-order valence-electron chi connectivity index (χ2n) is 6.09. The molecule has 1 aromatic heterocycles. The lowest BCUT2D eigenvalue weighted by Crippen LogP contribution is -2.53. The molecule has 3 rings (SSSR count). The minimum atomic E-state index is -0.480.